The zero-order chi connectivity index (χ0) is 17.6. The zero-order valence-corrected chi connectivity index (χ0v) is 14.8. The molecule has 1 saturated heterocycles. The van der Waals surface area contributed by atoms with Gasteiger partial charge in [0.25, 0.3) is 0 Å². The molecule has 7 heteroatoms. The first-order valence-corrected chi connectivity index (χ1v) is 8.60. The molecule has 0 spiro atoms. The highest BCUT2D eigenvalue weighted by Gasteiger charge is 2.30. The predicted octanol–water partition coefficient (Wildman–Crippen LogP) is 1.54. The van der Waals surface area contributed by atoms with E-state index >= 15 is 0 Å². The third-order valence-electron chi connectivity index (χ3n) is 4.35. The lowest BCUT2D eigenvalue weighted by molar-refractivity contribution is -0.140. The minimum absolute atomic E-state index is 0.129. The fourth-order valence-electron chi connectivity index (χ4n) is 3.01. The Morgan fingerprint density at radius 2 is 2.32 bits per heavy atom. The summed E-state index contributed by atoms with van der Waals surface area (Å²) in [6.45, 7) is 5.05. The Morgan fingerprint density at radius 1 is 1.44 bits per heavy atom. The minimum atomic E-state index is -0.129. The monoisotopic (exact) mass is 343 g/mol. The van der Waals surface area contributed by atoms with Gasteiger partial charge < -0.3 is 19.5 Å². The molecule has 2 aromatic heterocycles. The number of H-pyrrole nitrogens is 1. The van der Waals surface area contributed by atoms with Crippen LogP contribution in [0, 0.1) is 6.92 Å². The largest absolute Gasteiger partial charge is 0.377 e. The summed E-state index contributed by atoms with van der Waals surface area (Å²) in [7, 11) is 2.01. The average molecular weight is 343 g/mol. The molecule has 0 aliphatic carbocycles. The summed E-state index contributed by atoms with van der Waals surface area (Å²) in [6, 6.07) is 5.75. The van der Waals surface area contributed by atoms with Crippen LogP contribution in [-0.2, 0) is 16.1 Å². The van der Waals surface area contributed by atoms with Gasteiger partial charge in [0.2, 0.25) is 5.91 Å². The molecular weight excluding hydrogens is 318 g/mol. The number of imidazole rings is 1. The topological polar surface area (TPSA) is 74.3 Å². The zero-order valence-electron chi connectivity index (χ0n) is 14.8. The molecule has 25 heavy (non-hydrogen) atoms. The van der Waals surface area contributed by atoms with Crippen molar-refractivity contribution in [1.29, 1.82) is 0 Å². The molecule has 3 rings (SSSR count). The lowest BCUT2D eigenvalue weighted by atomic mass is 10.2. The van der Waals surface area contributed by atoms with E-state index in [1.807, 2.05) is 37.1 Å². The summed E-state index contributed by atoms with van der Waals surface area (Å²) in [4.78, 5) is 28.7. The maximum absolute atomic E-state index is 12.7. The molecule has 1 N–H and O–H groups in total. The number of amides is 1. The highest BCUT2D eigenvalue weighted by atomic mass is 16.5. The SMILES string of the molecule is Cc1cnc([C@H]2COCCN2C(=O)CCN(C)Cc2ccccn2)[nH]1. The van der Waals surface area contributed by atoms with Gasteiger partial charge in [-0.25, -0.2) is 4.98 Å². The quantitative estimate of drug-likeness (QED) is 0.861. The molecule has 0 aromatic carbocycles. The van der Waals surface area contributed by atoms with Crippen LogP contribution >= 0.6 is 0 Å². The highest BCUT2D eigenvalue weighted by Crippen LogP contribution is 2.22. The summed E-state index contributed by atoms with van der Waals surface area (Å²) in [5.41, 5.74) is 2.00. The number of aromatic nitrogens is 3. The van der Waals surface area contributed by atoms with Gasteiger partial charge in [0, 0.05) is 44.1 Å². The molecule has 1 atom stereocenters. The first-order chi connectivity index (χ1) is 12.1. The number of rotatable bonds is 6. The highest BCUT2D eigenvalue weighted by molar-refractivity contribution is 5.77. The molecule has 1 amide bonds. The Bertz CT molecular complexity index is 688. The van der Waals surface area contributed by atoms with E-state index < -0.39 is 0 Å². The number of nitrogens with zero attached hydrogens (tertiary/aromatic N) is 4. The van der Waals surface area contributed by atoms with E-state index in [9.17, 15) is 4.79 Å². The van der Waals surface area contributed by atoms with Crippen LogP contribution in [0.1, 0.15) is 29.7 Å². The van der Waals surface area contributed by atoms with Gasteiger partial charge in [0.15, 0.2) is 0 Å². The predicted molar refractivity (Wildman–Crippen MR) is 93.8 cm³/mol. The van der Waals surface area contributed by atoms with Crippen molar-refractivity contribution in [2.75, 3.05) is 33.4 Å². The van der Waals surface area contributed by atoms with Crippen molar-refractivity contribution in [3.63, 3.8) is 0 Å². The number of carbonyl (C=O) groups is 1. The summed E-state index contributed by atoms with van der Waals surface area (Å²) >= 11 is 0. The normalized spacial score (nSPS) is 17.9. The number of morpholine rings is 1. The maximum atomic E-state index is 12.7. The standard InChI is InChI=1S/C18H25N5O2/c1-14-11-20-18(21-14)16-13-25-10-9-23(16)17(24)6-8-22(2)12-15-5-3-4-7-19-15/h3-5,7,11,16H,6,8-10,12-13H2,1-2H3,(H,20,21)/t16-/m1/s1. The Hall–Kier alpha value is -2.25. The van der Waals surface area contributed by atoms with E-state index in [1.165, 1.54) is 0 Å². The van der Waals surface area contributed by atoms with Gasteiger partial charge in [0.1, 0.15) is 11.9 Å². The van der Waals surface area contributed by atoms with Gasteiger partial charge in [-0.1, -0.05) is 6.07 Å². The fourth-order valence-corrected chi connectivity index (χ4v) is 3.01. The Balaban J connectivity index is 1.55. The number of hydrogen-bond acceptors (Lipinski definition) is 5. The lowest BCUT2D eigenvalue weighted by Gasteiger charge is -2.34. The third-order valence-corrected chi connectivity index (χ3v) is 4.35. The van der Waals surface area contributed by atoms with Gasteiger partial charge >= 0.3 is 0 Å². The summed E-state index contributed by atoms with van der Waals surface area (Å²) in [6.07, 6.45) is 4.05. The molecule has 2 aromatic rings. The van der Waals surface area contributed by atoms with Crippen molar-refractivity contribution in [3.8, 4) is 0 Å². The van der Waals surface area contributed by atoms with Gasteiger partial charge in [-0.2, -0.15) is 0 Å². The van der Waals surface area contributed by atoms with Gasteiger partial charge in [0.05, 0.1) is 18.9 Å². The molecule has 1 fully saturated rings. The second kappa shape index (κ2) is 8.22. The number of aromatic amines is 1. The van der Waals surface area contributed by atoms with Crippen molar-refractivity contribution in [2.45, 2.75) is 25.9 Å². The van der Waals surface area contributed by atoms with Gasteiger partial charge in [-0.15, -0.1) is 0 Å². The second-order valence-corrected chi connectivity index (χ2v) is 6.44. The van der Waals surface area contributed by atoms with Crippen LogP contribution in [0.3, 0.4) is 0 Å². The number of nitrogens with one attached hydrogen (secondary N) is 1. The minimum Gasteiger partial charge on any atom is -0.377 e. The van der Waals surface area contributed by atoms with E-state index in [4.69, 9.17) is 4.74 Å². The second-order valence-electron chi connectivity index (χ2n) is 6.44. The molecule has 0 saturated carbocycles. The number of hydrogen-bond donors (Lipinski definition) is 1. The fraction of sp³-hybridized carbons (Fsp3) is 0.500. The van der Waals surface area contributed by atoms with Crippen molar-refractivity contribution >= 4 is 5.91 Å². The van der Waals surface area contributed by atoms with E-state index in [2.05, 4.69) is 19.9 Å². The first-order valence-electron chi connectivity index (χ1n) is 8.60. The average Bonchev–Trinajstić information content (AvgIpc) is 3.07. The Morgan fingerprint density at radius 3 is 3.04 bits per heavy atom. The van der Waals surface area contributed by atoms with E-state index in [1.54, 1.807) is 12.4 Å². The molecule has 0 unspecified atom stereocenters. The van der Waals surface area contributed by atoms with Crippen molar-refractivity contribution < 1.29 is 9.53 Å². The first kappa shape index (κ1) is 17.6. The number of ether oxygens (including phenoxy) is 1. The van der Waals surface area contributed by atoms with Gasteiger partial charge in [-0.05, 0) is 26.1 Å². The molecule has 134 valence electrons. The smallest absolute Gasteiger partial charge is 0.224 e. The van der Waals surface area contributed by atoms with Crippen LogP contribution in [0.15, 0.2) is 30.6 Å². The molecule has 0 radical (unpaired) electrons. The lowest BCUT2D eigenvalue weighted by Crippen LogP contribution is -2.44. The van der Waals surface area contributed by atoms with Crippen LogP contribution in [0.4, 0.5) is 0 Å². The number of pyridine rings is 1. The summed E-state index contributed by atoms with van der Waals surface area (Å²) < 4.78 is 5.56. The van der Waals surface area contributed by atoms with Crippen molar-refractivity contribution in [3.05, 3.63) is 47.8 Å². The molecule has 0 bridgehead atoms. The number of aryl methyl sites for hydroxylation is 1. The molecule has 1 aliphatic heterocycles. The van der Waals surface area contributed by atoms with Gasteiger partial charge in [-0.3, -0.25) is 9.78 Å². The maximum Gasteiger partial charge on any atom is 0.224 e. The number of carbonyl (C=O) groups excluding carboxylic acids is 1. The molecule has 7 nitrogen and oxygen atoms in total. The third kappa shape index (κ3) is 4.64. The van der Waals surface area contributed by atoms with E-state index in [-0.39, 0.29) is 11.9 Å². The van der Waals surface area contributed by atoms with E-state index in [0.29, 0.717) is 32.7 Å². The summed E-state index contributed by atoms with van der Waals surface area (Å²) in [5.74, 6) is 0.933. The van der Waals surface area contributed by atoms with Crippen LogP contribution in [0.5, 0.6) is 0 Å². The van der Waals surface area contributed by atoms with Crippen LogP contribution in [0.2, 0.25) is 0 Å². The van der Waals surface area contributed by atoms with Crippen LogP contribution in [-0.4, -0.2) is 64.0 Å². The molecule has 1 aliphatic rings. The molecular formula is C18H25N5O2. The Labute approximate surface area is 148 Å². The summed E-state index contributed by atoms with van der Waals surface area (Å²) in [5, 5.41) is 0. The van der Waals surface area contributed by atoms with Crippen LogP contribution in [0.25, 0.3) is 0 Å². The van der Waals surface area contributed by atoms with Crippen molar-refractivity contribution in [2.24, 2.45) is 0 Å². The van der Waals surface area contributed by atoms with Crippen LogP contribution < -0.4 is 0 Å². The Kier molecular flexibility index (Phi) is 5.78. The van der Waals surface area contributed by atoms with Crippen molar-refractivity contribution in [1.82, 2.24) is 24.8 Å². The van der Waals surface area contributed by atoms with E-state index in [0.717, 1.165) is 23.8 Å². The molecule has 3 heterocycles.